The van der Waals surface area contributed by atoms with Gasteiger partial charge in [-0.25, -0.2) is 4.79 Å². The summed E-state index contributed by atoms with van der Waals surface area (Å²) in [5, 5.41) is 3.27. The molecule has 0 radical (unpaired) electrons. The summed E-state index contributed by atoms with van der Waals surface area (Å²) in [5.41, 5.74) is 11.2. The van der Waals surface area contributed by atoms with Crippen LogP contribution in [-0.4, -0.2) is 12.6 Å². The summed E-state index contributed by atoms with van der Waals surface area (Å²) in [4.78, 5) is 11.8. The average Bonchev–Trinajstić information content (AvgIpc) is 2.50. The van der Waals surface area contributed by atoms with Crippen LogP contribution in [0.3, 0.4) is 0 Å². The second kappa shape index (κ2) is 6.98. The maximum absolute atomic E-state index is 11.8. The third-order valence-electron chi connectivity index (χ3n) is 3.51. The van der Waals surface area contributed by atoms with Crippen molar-refractivity contribution in [3.63, 3.8) is 0 Å². The molecule has 0 aliphatic rings. The number of aryl methyl sites for hydroxylation is 2. The monoisotopic (exact) mass is 298 g/mol. The van der Waals surface area contributed by atoms with Crippen molar-refractivity contribution in [2.45, 2.75) is 27.2 Å². The number of anilines is 3. The van der Waals surface area contributed by atoms with Crippen molar-refractivity contribution in [3.8, 4) is 0 Å². The molecule has 116 valence electrons. The van der Waals surface area contributed by atoms with Gasteiger partial charge in [-0.1, -0.05) is 13.0 Å². The van der Waals surface area contributed by atoms with Gasteiger partial charge in [-0.15, -0.1) is 0 Å². The molecule has 0 unspecified atom stereocenters. The summed E-state index contributed by atoms with van der Waals surface area (Å²) >= 11 is 0. The van der Waals surface area contributed by atoms with Crippen molar-refractivity contribution in [2.24, 2.45) is 0 Å². The smallest absolute Gasteiger partial charge is 0.338 e. The maximum Gasteiger partial charge on any atom is 0.338 e. The highest BCUT2D eigenvalue weighted by atomic mass is 16.5. The summed E-state index contributed by atoms with van der Waals surface area (Å²) in [5.74, 6) is -0.341. The van der Waals surface area contributed by atoms with E-state index in [4.69, 9.17) is 10.5 Å². The van der Waals surface area contributed by atoms with Crippen LogP contribution in [0.4, 0.5) is 17.1 Å². The van der Waals surface area contributed by atoms with E-state index in [1.54, 1.807) is 18.2 Å². The molecule has 0 bridgehead atoms. The molecule has 0 amide bonds. The summed E-state index contributed by atoms with van der Waals surface area (Å²) in [6.07, 6.45) is 0.799. The lowest BCUT2D eigenvalue weighted by atomic mass is 10.1. The van der Waals surface area contributed by atoms with E-state index >= 15 is 0 Å². The lowest BCUT2D eigenvalue weighted by Crippen LogP contribution is -2.07. The minimum absolute atomic E-state index is 0.341. The molecule has 4 heteroatoms. The number of nitrogen functional groups attached to an aromatic ring is 1. The molecule has 0 fully saturated rings. The molecule has 0 heterocycles. The van der Waals surface area contributed by atoms with E-state index in [2.05, 4.69) is 31.3 Å². The zero-order chi connectivity index (χ0) is 16.1. The van der Waals surface area contributed by atoms with Crippen LogP contribution in [0.5, 0.6) is 0 Å². The number of nitrogens with one attached hydrogen (secondary N) is 1. The number of hydrogen-bond donors (Lipinski definition) is 2. The number of carbonyl (C=O) groups excluding carboxylic acids is 1. The van der Waals surface area contributed by atoms with E-state index in [1.807, 2.05) is 13.0 Å². The van der Waals surface area contributed by atoms with E-state index in [1.165, 1.54) is 11.1 Å². The van der Waals surface area contributed by atoms with Crippen LogP contribution < -0.4 is 11.1 Å². The number of rotatable bonds is 5. The first-order valence-electron chi connectivity index (χ1n) is 7.42. The second-order valence-corrected chi connectivity index (χ2v) is 5.36. The third-order valence-corrected chi connectivity index (χ3v) is 3.51. The normalized spacial score (nSPS) is 10.3. The molecule has 2 aromatic rings. The van der Waals surface area contributed by atoms with Crippen molar-refractivity contribution < 1.29 is 9.53 Å². The molecular weight excluding hydrogens is 276 g/mol. The first-order valence-corrected chi connectivity index (χ1v) is 7.42. The zero-order valence-electron chi connectivity index (χ0n) is 13.3. The van der Waals surface area contributed by atoms with Crippen molar-refractivity contribution in [1.29, 1.82) is 0 Å². The van der Waals surface area contributed by atoms with Crippen LogP contribution >= 0.6 is 0 Å². The van der Waals surface area contributed by atoms with Gasteiger partial charge in [0.05, 0.1) is 23.5 Å². The minimum atomic E-state index is -0.341. The summed E-state index contributed by atoms with van der Waals surface area (Å²) in [6.45, 7) is 6.51. The van der Waals surface area contributed by atoms with Gasteiger partial charge >= 0.3 is 5.97 Å². The molecule has 3 N–H and O–H groups in total. The highest BCUT2D eigenvalue weighted by Gasteiger charge is 2.09. The van der Waals surface area contributed by atoms with Gasteiger partial charge in [0.2, 0.25) is 0 Å². The minimum Gasteiger partial charge on any atom is -0.462 e. The topological polar surface area (TPSA) is 64.3 Å². The lowest BCUT2D eigenvalue weighted by Gasteiger charge is -2.12. The summed E-state index contributed by atoms with van der Waals surface area (Å²) in [6, 6.07) is 11.3. The first kappa shape index (κ1) is 15.9. The van der Waals surface area contributed by atoms with Crippen molar-refractivity contribution >= 4 is 23.0 Å². The second-order valence-electron chi connectivity index (χ2n) is 5.36. The average molecular weight is 298 g/mol. The fourth-order valence-electron chi connectivity index (χ4n) is 2.06. The Morgan fingerprint density at radius 3 is 2.55 bits per heavy atom. The Morgan fingerprint density at radius 2 is 1.91 bits per heavy atom. The van der Waals surface area contributed by atoms with Gasteiger partial charge in [-0.3, -0.25) is 0 Å². The highest BCUT2D eigenvalue weighted by molar-refractivity contribution is 5.92. The zero-order valence-corrected chi connectivity index (χ0v) is 13.3. The van der Waals surface area contributed by atoms with Crippen LogP contribution in [0.15, 0.2) is 36.4 Å². The SMILES string of the molecule is CCCOC(=O)c1ccc(Nc2ccc(C)c(C)c2)c(N)c1. The molecule has 0 aromatic heterocycles. The number of hydrogen-bond acceptors (Lipinski definition) is 4. The largest absolute Gasteiger partial charge is 0.462 e. The van der Waals surface area contributed by atoms with Crippen LogP contribution in [0.1, 0.15) is 34.8 Å². The van der Waals surface area contributed by atoms with Crippen molar-refractivity contribution in [1.82, 2.24) is 0 Å². The van der Waals surface area contributed by atoms with Gasteiger partial charge in [0.25, 0.3) is 0 Å². The molecule has 2 aromatic carbocycles. The van der Waals surface area contributed by atoms with Gasteiger partial charge < -0.3 is 15.8 Å². The van der Waals surface area contributed by atoms with Gasteiger partial charge in [0.1, 0.15) is 0 Å². The molecule has 0 aliphatic carbocycles. The molecule has 0 saturated heterocycles. The fourth-order valence-corrected chi connectivity index (χ4v) is 2.06. The van der Waals surface area contributed by atoms with E-state index < -0.39 is 0 Å². The van der Waals surface area contributed by atoms with Crippen LogP contribution in [0, 0.1) is 13.8 Å². The standard InChI is InChI=1S/C18H22N2O2/c1-4-9-22-18(21)14-6-8-17(16(19)11-14)20-15-7-5-12(2)13(3)10-15/h5-8,10-11,20H,4,9,19H2,1-3H3. The number of carbonyl (C=O) groups is 1. The molecular formula is C18H22N2O2. The first-order chi connectivity index (χ1) is 10.5. The summed E-state index contributed by atoms with van der Waals surface area (Å²) < 4.78 is 5.10. The van der Waals surface area contributed by atoms with Gasteiger partial charge in [-0.05, 0) is 61.7 Å². The van der Waals surface area contributed by atoms with E-state index in [0.29, 0.717) is 17.9 Å². The molecule has 0 aliphatic heterocycles. The number of nitrogens with two attached hydrogens (primary N) is 1. The number of ether oxygens (including phenoxy) is 1. The number of benzene rings is 2. The van der Waals surface area contributed by atoms with E-state index in [-0.39, 0.29) is 5.97 Å². The van der Waals surface area contributed by atoms with Crippen LogP contribution in [0.25, 0.3) is 0 Å². The Balaban J connectivity index is 2.15. The Bertz CT molecular complexity index is 681. The molecule has 0 saturated carbocycles. The van der Waals surface area contributed by atoms with Gasteiger partial charge in [0, 0.05) is 5.69 Å². The van der Waals surface area contributed by atoms with Crippen LogP contribution in [0.2, 0.25) is 0 Å². The Labute approximate surface area is 131 Å². The van der Waals surface area contributed by atoms with E-state index in [9.17, 15) is 4.79 Å². The van der Waals surface area contributed by atoms with Gasteiger partial charge in [-0.2, -0.15) is 0 Å². The Morgan fingerprint density at radius 1 is 1.14 bits per heavy atom. The predicted molar refractivity (Wildman–Crippen MR) is 90.6 cm³/mol. The van der Waals surface area contributed by atoms with E-state index in [0.717, 1.165) is 17.8 Å². The quantitative estimate of drug-likeness (QED) is 0.641. The maximum atomic E-state index is 11.8. The molecule has 22 heavy (non-hydrogen) atoms. The van der Waals surface area contributed by atoms with Crippen molar-refractivity contribution in [3.05, 3.63) is 53.1 Å². The molecule has 0 atom stereocenters. The third kappa shape index (κ3) is 3.79. The number of esters is 1. The van der Waals surface area contributed by atoms with Gasteiger partial charge in [0.15, 0.2) is 0 Å². The van der Waals surface area contributed by atoms with Crippen molar-refractivity contribution in [2.75, 3.05) is 17.7 Å². The Kier molecular flexibility index (Phi) is 5.04. The lowest BCUT2D eigenvalue weighted by molar-refractivity contribution is 0.0505. The predicted octanol–water partition coefficient (Wildman–Crippen LogP) is 4.20. The summed E-state index contributed by atoms with van der Waals surface area (Å²) in [7, 11) is 0. The van der Waals surface area contributed by atoms with Crippen LogP contribution in [-0.2, 0) is 4.74 Å². The molecule has 4 nitrogen and oxygen atoms in total. The highest BCUT2D eigenvalue weighted by Crippen LogP contribution is 2.25. The molecule has 0 spiro atoms. The molecule has 2 rings (SSSR count). The Hall–Kier alpha value is -2.49. The fraction of sp³-hybridized carbons (Fsp3) is 0.278.